The number of fused-ring (bicyclic) bond motifs is 1. The van der Waals surface area contributed by atoms with E-state index in [9.17, 15) is 4.79 Å². The Morgan fingerprint density at radius 3 is 2.83 bits per heavy atom. The summed E-state index contributed by atoms with van der Waals surface area (Å²) in [7, 11) is 0. The molecule has 0 saturated carbocycles. The zero-order chi connectivity index (χ0) is 13.3. The second-order valence-electron chi connectivity index (χ2n) is 3.59. The van der Waals surface area contributed by atoms with Gasteiger partial charge in [-0.25, -0.2) is 0 Å². The van der Waals surface area contributed by atoms with Gasteiger partial charge in [0.1, 0.15) is 4.88 Å². The van der Waals surface area contributed by atoms with Crippen molar-refractivity contribution in [2.75, 3.05) is 6.54 Å². The molecule has 18 heavy (non-hydrogen) atoms. The number of hydrogen-bond acceptors (Lipinski definition) is 2. The summed E-state index contributed by atoms with van der Waals surface area (Å²) in [6.07, 6.45) is 0. The maximum absolute atomic E-state index is 11.9. The summed E-state index contributed by atoms with van der Waals surface area (Å²) in [6.45, 7) is 4.02. The predicted molar refractivity (Wildman–Crippen MR) is 82.2 cm³/mol. The highest BCUT2D eigenvalue weighted by molar-refractivity contribution is 9.11. The van der Waals surface area contributed by atoms with Crippen LogP contribution in [0, 0.1) is 0 Å². The summed E-state index contributed by atoms with van der Waals surface area (Å²) in [6, 6.07) is 5.37. The second-order valence-corrected chi connectivity index (χ2v) is 6.57. The molecule has 1 aromatic carbocycles. The van der Waals surface area contributed by atoms with Gasteiger partial charge in [0, 0.05) is 26.1 Å². The van der Waals surface area contributed by atoms with Gasteiger partial charge in [0.2, 0.25) is 0 Å². The van der Waals surface area contributed by atoms with Crippen LogP contribution >= 0.6 is 50.5 Å². The van der Waals surface area contributed by atoms with E-state index in [4.69, 9.17) is 23.2 Å². The van der Waals surface area contributed by atoms with E-state index in [0.29, 0.717) is 25.9 Å². The Labute approximate surface area is 127 Å². The van der Waals surface area contributed by atoms with Crippen molar-refractivity contribution >= 4 is 66.5 Å². The largest absolute Gasteiger partial charge is 0.347 e. The van der Waals surface area contributed by atoms with Crippen LogP contribution < -0.4 is 5.32 Å². The second kappa shape index (κ2) is 5.61. The Bertz CT molecular complexity index is 638. The monoisotopic (exact) mass is 363 g/mol. The molecule has 1 heterocycles. The lowest BCUT2D eigenvalue weighted by Crippen LogP contribution is -2.23. The predicted octanol–water partition coefficient (Wildman–Crippen LogP) is 4.85. The molecule has 0 atom stereocenters. The van der Waals surface area contributed by atoms with Crippen LogP contribution in [0.5, 0.6) is 0 Å². The van der Waals surface area contributed by atoms with Crippen molar-refractivity contribution in [3.05, 3.63) is 44.2 Å². The molecule has 1 amide bonds. The number of thiophene rings is 1. The lowest BCUT2D eigenvalue weighted by molar-refractivity contribution is 0.0962. The first-order chi connectivity index (χ1) is 8.49. The molecular weight excluding hydrogens is 357 g/mol. The molecule has 6 heteroatoms. The molecule has 1 N–H and O–H groups in total. The molecule has 0 aliphatic heterocycles. The van der Waals surface area contributed by atoms with Crippen molar-refractivity contribution in [3.8, 4) is 0 Å². The highest BCUT2D eigenvalue weighted by Crippen LogP contribution is 2.36. The lowest BCUT2D eigenvalue weighted by Gasteiger charge is -2.01. The zero-order valence-corrected chi connectivity index (χ0v) is 13.0. The van der Waals surface area contributed by atoms with E-state index in [1.54, 1.807) is 12.1 Å². The average Bonchev–Trinajstić information content (AvgIpc) is 2.63. The molecule has 1 aromatic heterocycles. The van der Waals surface area contributed by atoms with Crippen molar-refractivity contribution < 1.29 is 4.79 Å². The van der Waals surface area contributed by atoms with Crippen LogP contribution in [-0.2, 0) is 0 Å². The van der Waals surface area contributed by atoms with Crippen LogP contribution in [-0.4, -0.2) is 12.5 Å². The number of halogens is 3. The standard InChI is InChI=1S/C12H8BrCl2NOS/c1-6(13)5-16-12(17)11-10(15)8-3-2-7(14)4-9(8)18-11/h2-4H,1,5H2,(H,16,17). The number of rotatable bonds is 3. The average molecular weight is 365 g/mol. The fraction of sp³-hybridized carbons (Fsp3) is 0.0833. The van der Waals surface area contributed by atoms with Gasteiger partial charge < -0.3 is 5.32 Å². The molecule has 0 fully saturated rings. The smallest absolute Gasteiger partial charge is 0.263 e. The maximum atomic E-state index is 11.9. The molecule has 0 unspecified atom stereocenters. The van der Waals surface area contributed by atoms with Gasteiger partial charge in [0.05, 0.1) is 5.02 Å². The Hall–Kier alpha value is -0.550. The van der Waals surface area contributed by atoms with Gasteiger partial charge >= 0.3 is 0 Å². The van der Waals surface area contributed by atoms with E-state index < -0.39 is 0 Å². The highest BCUT2D eigenvalue weighted by Gasteiger charge is 2.16. The number of hydrogen-bond donors (Lipinski definition) is 1. The highest BCUT2D eigenvalue weighted by atomic mass is 79.9. The fourth-order valence-corrected chi connectivity index (χ4v) is 3.29. The molecule has 2 rings (SSSR count). The minimum Gasteiger partial charge on any atom is -0.347 e. The van der Waals surface area contributed by atoms with Crippen molar-refractivity contribution in [3.63, 3.8) is 0 Å². The van der Waals surface area contributed by atoms with E-state index in [2.05, 4.69) is 27.8 Å². The molecule has 2 aromatic rings. The van der Waals surface area contributed by atoms with Crippen LogP contribution in [0.25, 0.3) is 10.1 Å². The molecule has 0 aliphatic carbocycles. The lowest BCUT2D eigenvalue weighted by atomic mass is 10.2. The molecule has 0 radical (unpaired) electrons. The molecule has 94 valence electrons. The van der Waals surface area contributed by atoms with Crippen LogP contribution in [0.4, 0.5) is 0 Å². The Morgan fingerprint density at radius 2 is 2.17 bits per heavy atom. The minimum atomic E-state index is -0.210. The van der Waals surface area contributed by atoms with Gasteiger partial charge in [0.25, 0.3) is 5.91 Å². The molecular formula is C12H8BrCl2NOS. The van der Waals surface area contributed by atoms with Crippen molar-refractivity contribution in [1.82, 2.24) is 5.32 Å². The summed E-state index contributed by atoms with van der Waals surface area (Å²) in [5, 5.41) is 4.65. The van der Waals surface area contributed by atoms with Gasteiger partial charge in [-0.1, -0.05) is 51.8 Å². The van der Waals surface area contributed by atoms with E-state index in [0.717, 1.165) is 10.1 Å². The van der Waals surface area contributed by atoms with Crippen molar-refractivity contribution in [2.24, 2.45) is 0 Å². The van der Waals surface area contributed by atoms with Crippen molar-refractivity contribution in [1.29, 1.82) is 0 Å². The Morgan fingerprint density at radius 1 is 1.44 bits per heavy atom. The summed E-state index contributed by atoms with van der Waals surface area (Å²) in [5.41, 5.74) is 0. The topological polar surface area (TPSA) is 29.1 Å². The van der Waals surface area contributed by atoms with Crippen LogP contribution in [0.1, 0.15) is 9.67 Å². The van der Waals surface area contributed by atoms with Gasteiger partial charge in [-0.15, -0.1) is 11.3 Å². The summed E-state index contributed by atoms with van der Waals surface area (Å²) < 4.78 is 1.60. The summed E-state index contributed by atoms with van der Waals surface area (Å²) in [5.74, 6) is -0.210. The molecule has 0 spiro atoms. The van der Waals surface area contributed by atoms with Gasteiger partial charge in [0.15, 0.2) is 0 Å². The molecule has 2 nitrogen and oxygen atoms in total. The number of carbonyl (C=O) groups excluding carboxylic acids is 1. The molecule has 0 saturated heterocycles. The number of amides is 1. The van der Waals surface area contributed by atoms with Gasteiger partial charge in [-0.2, -0.15) is 0 Å². The quantitative estimate of drug-likeness (QED) is 0.828. The SMILES string of the molecule is C=C(Br)CNC(=O)c1sc2cc(Cl)ccc2c1Cl. The first kappa shape index (κ1) is 13.9. The molecule has 0 bridgehead atoms. The van der Waals surface area contributed by atoms with E-state index in [1.807, 2.05) is 6.07 Å². The van der Waals surface area contributed by atoms with Gasteiger partial charge in [-0.3, -0.25) is 4.79 Å². The first-order valence-electron chi connectivity index (χ1n) is 4.98. The Kier molecular flexibility index (Phi) is 4.33. The van der Waals surface area contributed by atoms with Crippen LogP contribution in [0.2, 0.25) is 10.0 Å². The van der Waals surface area contributed by atoms with E-state index in [-0.39, 0.29) is 5.91 Å². The number of benzene rings is 1. The summed E-state index contributed by atoms with van der Waals surface area (Å²) in [4.78, 5) is 12.4. The van der Waals surface area contributed by atoms with Crippen molar-refractivity contribution in [2.45, 2.75) is 0 Å². The minimum absolute atomic E-state index is 0.210. The van der Waals surface area contributed by atoms with Gasteiger partial charge in [-0.05, 0) is 12.1 Å². The van der Waals surface area contributed by atoms with E-state index >= 15 is 0 Å². The zero-order valence-electron chi connectivity index (χ0n) is 9.10. The first-order valence-corrected chi connectivity index (χ1v) is 7.34. The fourth-order valence-electron chi connectivity index (χ4n) is 1.44. The Balaban J connectivity index is 2.36. The third kappa shape index (κ3) is 2.88. The summed E-state index contributed by atoms with van der Waals surface area (Å²) >= 11 is 16.6. The maximum Gasteiger partial charge on any atom is 0.263 e. The molecule has 0 aliphatic rings. The van der Waals surface area contributed by atoms with Crippen LogP contribution in [0.15, 0.2) is 29.3 Å². The third-order valence-electron chi connectivity index (χ3n) is 2.24. The normalized spacial score (nSPS) is 10.6. The van der Waals surface area contributed by atoms with E-state index in [1.165, 1.54) is 11.3 Å². The number of nitrogens with one attached hydrogen (secondary N) is 1. The van der Waals surface area contributed by atoms with Crippen LogP contribution in [0.3, 0.4) is 0 Å². The third-order valence-corrected chi connectivity index (χ3v) is 4.41. The number of carbonyl (C=O) groups is 1.